The highest BCUT2D eigenvalue weighted by Gasteiger charge is 2.54. The van der Waals surface area contributed by atoms with Crippen molar-refractivity contribution >= 4 is 39.3 Å². The number of imide groups is 1. The van der Waals surface area contributed by atoms with Crippen molar-refractivity contribution in [2.24, 2.45) is 5.92 Å². The third-order valence-corrected chi connectivity index (χ3v) is 9.21. The number of carbonyl (C=O) groups is 3. The van der Waals surface area contributed by atoms with Crippen LogP contribution in [0.25, 0.3) is 11.3 Å². The molecule has 2 fully saturated rings. The van der Waals surface area contributed by atoms with Gasteiger partial charge in [0.2, 0.25) is 0 Å². The molecule has 12 heteroatoms. The van der Waals surface area contributed by atoms with E-state index >= 15 is 0 Å². The summed E-state index contributed by atoms with van der Waals surface area (Å²) in [5.74, 6) is -2.39. The summed E-state index contributed by atoms with van der Waals surface area (Å²) in [6.45, 7) is 2.33. The van der Waals surface area contributed by atoms with Gasteiger partial charge in [0.15, 0.2) is 5.82 Å². The van der Waals surface area contributed by atoms with E-state index in [1.165, 1.54) is 11.0 Å². The zero-order valence-corrected chi connectivity index (χ0v) is 23.3. The normalized spacial score (nSPS) is 23.2. The second-order valence-electron chi connectivity index (χ2n) is 10.9. The number of nitrogens with two attached hydrogens (primary N) is 1. The molecule has 3 aromatic rings. The van der Waals surface area contributed by atoms with Gasteiger partial charge in [-0.25, -0.2) is 13.5 Å². The zero-order valence-electron chi connectivity index (χ0n) is 21.7. The van der Waals surface area contributed by atoms with Gasteiger partial charge in [0, 0.05) is 17.7 Å². The van der Waals surface area contributed by atoms with E-state index in [-0.39, 0.29) is 50.7 Å². The fourth-order valence-corrected chi connectivity index (χ4v) is 6.74. The number of unbranched alkanes of at least 4 members (excludes halogenated alkanes) is 1. The van der Waals surface area contributed by atoms with E-state index in [1.807, 2.05) is 6.92 Å². The number of halogens is 3. The van der Waals surface area contributed by atoms with Gasteiger partial charge in [-0.15, -0.1) is 5.10 Å². The molecule has 3 unspecified atom stereocenters. The van der Waals surface area contributed by atoms with Crippen LogP contribution < -0.4 is 11.1 Å². The van der Waals surface area contributed by atoms with Crippen LogP contribution in [0.3, 0.4) is 0 Å². The molecular formula is C28H27BrF2N6O3. The van der Waals surface area contributed by atoms with Crippen molar-refractivity contribution in [1.29, 1.82) is 0 Å². The second kappa shape index (κ2) is 9.76. The first-order chi connectivity index (χ1) is 19.1. The number of nitrogen functional groups attached to an aromatic ring is 1. The van der Waals surface area contributed by atoms with E-state index in [0.717, 1.165) is 38.2 Å². The van der Waals surface area contributed by atoms with Gasteiger partial charge in [-0.1, -0.05) is 18.6 Å². The fraction of sp³-hybridized carbons (Fsp3) is 0.393. The maximum Gasteiger partial charge on any atom is 0.261 e. The number of rotatable bonds is 7. The number of fused-ring (bicyclic) bond motifs is 3. The van der Waals surface area contributed by atoms with Crippen molar-refractivity contribution in [3.63, 3.8) is 0 Å². The minimum absolute atomic E-state index is 0.0935. The highest BCUT2D eigenvalue weighted by atomic mass is 79.9. The molecule has 40 heavy (non-hydrogen) atoms. The number of anilines is 1. The Morgan fingerprint density at radius 2 is 1.98 bits per heavy atom. The third-order valence-electron chi connectivity index (χ3n) is 8.48. The molecule has 6 rings (SSSR count). The van der Waals surface area contributed by atoms with E-state index < -0.39 is 17.2 Å². The number of amides is 3. The average Bonchev–Trinajstić information content (AvgIpc) is 3.72. The number of benzene rings is 2. The molecule has 2 aliphatic carbocycles. The summed E-state index contributed by atoms with van der Waals surface area (Å²) in [7, 11) is 0. The standard InChI is InChI=1S/C28H27BrF2N6O3/c1-2-3-8-36-26(39)16-5-4-15(10-17(16)27(36)40)25(38)33-28-7-6-14(12-28)9-21(28)37-13-20(34-35-37)18-11-19(30)22(29)23(31)24(18)32/h4-5,10-11,13-14,21H,2-3,6-9,12,32H2,1H3,(H,33,38). The molecule has 2 heterocycles. The van der Waals surface area contributed by atoms with Gasteiger partial charge in [-0.2, -0.15) is 0 Å². The van der Waals surface area contributed by atoms with Gasteiger partial charge in [-0.05, 0) is 78.2 Å². The molecule has 0 saturated heterocycles. The number of nitrogens with one attached hydrogen (secondary N) is 1. The molecule has 1 aromatic heterocycles. The first kappa shape index (κ1) is 26.5. The van der Waals surface area contributed by atoms with E-state index in [1.54, 1.807) is 23.0 Å². The van der Waals surface area contributed by atoms with Crippen LogP contribution in [0, 0.1) is 17.6 Å². The highest BCUT2D eigenvalue weighted by Crippen LogP contribution is 2.54. The lowest BCUT2D eigenvalue weighted by Gasteiger charge is -2.35. The van der Waals surface area contributed by atoms with Crippen LogP contribution in [0.1, 0.15) is 82.6 Å². The topological polar surface area (TPSA) is 123 Å². The van der Waals surface area contributed by atoms with Gasteiger partial charge >= 0.3 is 0 Å². The number of hydrogen-bond donors (Lipinski definition) is 2. The lowest BCUT2D eigenvalue weighted by atomic mass is 9.88. The van der Waals surface area contributed by atoms with Crippen LogP contribution in [0.5, 0.6) is 0 Å². The Morgan fingerprint density at radius 1 is 1.20 bits per heavy atom. The Morgan fingerprint density at radius 3 is 2.73 bits per heavy atom. The van der Waals surface area contributed by atoms with E-state index in [4.69, 9.17) is 5.73 Å². The van der Waals surface area contributed by atoms with E-state index in [9.17, 15) is 23.2 Å². The van der Waals surface area contributed by atoms with E-state index in [0.29, 0.717) is 30.0 Å². The summed E-state index contributed by atoms with van der Waals surface area (Å²) in [5, 5.41) is 11.6. The lowest BCUT2D eigenvalue weighted by molar-refractivity contribution is 0.0652. The zero-order chi connectivity index (χ0) is 28.3. The van der Waals surface area contributed by atoms with Gasteiger partial charge < -0.3 is 11.1 Å². The monoisotopic (exact) mass is 612 g/mol. The average molecular weight is 613 g/mol. The first-order valence-corrected chi connectivity index (χ1v) is 14.1. The van der Waals surface area contributed by atoms with Crippen LogP contribution in [0.4, 0.5) is 14.5 Å². The largest absolute Gasteiger partial charge is 0.396 e. The summed E-state index contributed by atoms with van der Waals surface area (Å²) in [6.07, 6.45) is 6.33. The number of carbonyl (C=O) groups excluding carboxylic acids is 3. The van der Waals surface area contributed by atoms with Crippen molar-refractivity contribution in [3.8, 4) is 11.3 Å². The van der Waals surface area contributed by atoms with Gasteiger partial charge in [0.25, 0.3) is 17.7 Å². The molecule has 0 spiro atoms. The molecule has 2 saturated carbocycles. The van der Waals surface area contributed by atoms with Crippen LogP contribution >= 0.6 is 15.9 Å². The molecule has 3 N–H and O–H groups in total. The molecule has 2 bridgehead atoms. The summed E-state index contributed by atoms with van der Waals surface area (Å²) in [5.41, 5.74) is 6.22. The molecule has 3 amide bonds. The van der Waals surface area contributed by atoms with Crippen LogP contribution in [0.2, 0.25) is 0 Å². The smallest absolute Gasteiger partial charge is 0.261 e. The van der Waals surface area contributed by atoms with E-state index in [2.05, 4.69) is 31.6 Å². The molecule has 208 valence electrons. The second-order valence-corrected chi connectivity index (χ2v) is 11.7. The Balaban J connectivity index is 1.26. The minimum Gasteiger partial charge on any atom is -0.396 e. The number of aromatic nitrogens is 3. The Hall–Kier alpha value is -3.67. The molecule has 3 atom stereocenters. The molecule has 2 aromatic carbocycles. The fourth-order valence-electron chi connectivity index (χ4n) is 6.41. The number of nitrogens with zero attached hydrogens (tertiary/aromatic N) is 4. The molecular weight excluding hydrogens is 586 g/mol. The third kappa shape index (κ3) is 4.11. The quantitative estimate of drug-likeness (QED) is 0.223. The maximum absolute atomic E-state index is 14.4. The van der Waals surface area contributed by atoms with Crippen LogP contribution in [-0.4, -0.2) is 49.7 Å². The predicted octanol–water partition coefficient (Wildman–Crippen LogP) is 4.88. The van der Waals surface area contributed by atoms with Gasteiger partial charge in [-0.3, -0.25) is 19.3 Å². The maximum atomic E-state index is 14.4. The number of hydrogen-bond acceptors (Lipinski definition) is 6. The SMILES string of the molecule is CCCCN1C(=O)c2ccc(C(=O)NC34CCC(CC3n3cc(-c5cc(F)c(Br)c(F)c5N)nn3)C4)cc2C1=O. The Labute approximate surface area is 237 Å². The van der Waals surface area contributed by atoms with Crippen molar-refractivity contribution in [3.05, 3.63) is 63.3 Å². The Bertz CT molecular complexity index is 1580. The first-order valence-electron chi connectivity index (χ1n) is 13.3. The van der Waals surface area contributed by atoms with Crippen molar-refractivity contribution in [2.75, 3.05) is 12.3 Å². The highest BCUT2D eigenvalue weighted by molar-refractivity contribution is 9.10. The molecule has 0 radical (unpaired) electrons. The molecule has 1 aliphatic heterocycles. The van der Waals surface area contributed by atoms with Gasteiger partial charge in [0.05, 0.1) is 39.1 Å². The summed E-state index contributed by atoms with van der Waals surface area (Å²) in [4.78, 5) is 40.3. The summed E-state index contributed by atoms with van der Waals surface area (Å²) >= 11 is 2.85. The minimum atomic E-state index is -0.906. The molecule has 3 aliphatic rings. The lowest BCUT2D eigenvalue weighted by Crippen LogP contribution is -2.51. The predicted molar refractivity (Wildman–Crippen MR) is 145 cm³/mol. The van der Waals surface area contributed by atoms with Crippen LogP contribution in [0.15, 0.2) is 34.9 Å². The van der Waals surface area contributed by atoms with Crippen molar-refractivity contribution in [2.45, 2.75) is 57.0 Å². The van der Waals surface area contributed by atoms with Crippen molar-refractivity contribution in [1.82, 2.24) is 25.2 Å². The van der Waals surface area contributed by atoms with Crippen LogP contribution in [-0.2, 0) is 0 Å². The van der Waals surface area contributed by atoms with Crippen molar-refractivity contribution < 1.29 is 23.2 Å². The van der Waals surface area contributed by atoms with Gasteiger partial charge in [0.1, 0.15) is 11.5 Å². The summed E-state index contributed by atoms with van der Waals surface area (Å²) < 4.78 is 29.9. The summed E-state index contributed by atoms with van der Waals surface area (Å²) in [6, 6.07) is 5.49. The Kier molecular flexibility index (Phi) is 6.47. The molecule has 9 nitrogen and oxygen atoms in total.